The van der Waals surface area contributed by atoms with Gasteiger partial charge in [0.05, 0.1) is 27.6 Å². The lowest BCUT2D eigenvalue weighted by atomic mass is 9.42. The summed E-state index contributed by atoms with van der Waals surface area (Å²) in [5.74, 6) is 10.5. The van der Waals surface area contributed by atoms with Crippen LogP contribution in [0.3, 0.4) is 0 Å². The van der Waals surface area contributed by atoms with E-state index in [0.717, 1.165) is 121 Å². The van der Waals surface area contributed by atoms with Gasteiger partial charge in [-0.25, -0.2) is 4.68 Å². The minimum Gasteiger partial charge on any atom is -0.390 e. The van der Waals surface area contributed by atoms with Gasteiger partial charge in [-0.3, -0.25) is 14.4 Å². The second-order valence-electron chi connectivity index (χ2n) is 36.3. The van der Waals surface area contributed by atoms with Gasteiger partial charge in [0.15, 0.2) is 11.6 Å². The number of alkyl halides is 1. The fraction of sp³-hybridized carbons (Fsp3) is 0.821. The lowest BCUT2D eigenvalue weighted by molar-refractivity contribution is -0.158. The van der Waals surface area contributed by atoms with E-state index in [-0.39, 0.29) is 56.3 Å². The second-order valence-corrected chi connectivity index (χ2v) is 36.9. The van der Waals surface area contributed by atoms with E-state index in [1.165, 1.54) is 135 Å². The zero-order valence-corrected chi connectivity index (χ0v) is 60.8. The molecule has 2 aromatic heterocycles. The van der Waals surface area contributed by atoms with E-state index in [9.17, 15) is 29.7 Å². The van der Waals surface area contributed by atoms with Crippen LogP contribution in [0, 0.1) is 121 Å². The maximum atomic E-state index is 13.7. The predicted molar refractivity (Wildman–Crippen MR) is 395 cm³/mol. The summed E-state index contributed by atoms with van der Waals surface area (Å²) in [5, 5.41) is 50.6. The molecule has 0 bridgehead atoms. The summed E-state index contributed by atoms with van der Waals surface area (Å²) >= 11 is 3.44. The highest BCUT2D eigenvalue weighted by molar-refractivity contribution is 9.09. The van der Waals surface area contributed by atoms with Crippen LogP contribution in [0.2, 0.25) is 0 Å². The first-order valence-corrected chi connectivity index (χ1v) is 39.8. The number of hydrogen-bond acceptors (Lipinski definition) is 10. The fourth-order valence-corrected chi connectivity index (χ4v) is 28.4. The molecule has 0 aliphatic heterocycles. The quantitative estimate of drug-likeness (QED) is 0.123. The van der Waals surface area contributed by atoms with E-state index in [4.69, 9.17) is 0 Å². The number of Topliss-reactive ketones (excluding diaryl/α,β-unsaturated/α-hetero) is 3. The molecule has 12 nitrogen and oxygen atoms in total. The van der Waals surface area contributed by atoms with Gasteiger partial charge in [-0.2, -0.15) is 15.0 Å². The van der Waals surface area contributed by atoms with Crippen molar-refractivity contribution in [3.63, 3.8) is 0 Å². The molecule has 4 aromatic rings. The molecule has 13 heteroatoms. The molecule has 0 spiro atoms. The van der Waals surface area contributed by atoms with Crippen molar-refractivity contribution < 1.29 is 29.7 Å². The normalized spacial score (nSPS) is 45.1. The molecule has 24 atom stereocenters. The summed E-state index contributed by atoms with van der Waals surface area (Å²) in [6, 6.07) is 15.8. The van der Waals surface area contributed by atoms with Crippen LogP contribution in [0.5, 0.6) is 0 Å². The maximum absolute atomic E-state index is 13.7. The van der Waals surface area contributed by atoms with E-state index in [1.54, 1.807) is 4.80 Å². The molecule has 12 saturated carbocycles. The lowest BCUT2D eigenvalue weighted by Crippen LogP contribution is -2.56. The molecule has 12 aliphatic carbocycles. The molecular weight excluding hydrogens is 1270 g/mol. The SMILES string of the molecule is C.C.C.CC[C@]12CC[C@@](C)(O)C[C@@H]1CC[C@H]1[C@@H]3CC[C@H](C(=O)CBr)[C@@]3(C)CC[C@@H]12.CC[C@]12CC[C@@](C)(O)C[C@@H]1CC[C@H]1[C@@H]3CC[C@H](C(=O)Cn4nc5ccccc5n4)[C@@]3(C)CC[C@@H]12.CC[C@]12CC[C@@](C)(O)C[C@@H]1CC[C@H]1[C@@H]3CC[C@H](C(=O)Cn4nnc5ccccc54)[C@@]3(C)CC[C@@H]12. The number of carbonyl (C=O) groups excluding carboxylic acids is 3. The van der Waals surface area contributed by atoms with E-state index >= 15 is 0 Å². The van der Waals surface area contributed by atoms with E-state index in [1.807, 2.05) is 53.2 Å². The first-order valence-electron chi connectivity index (χ1n) is 38.7. The standard InChI is InChI=1S/2C29H41N3O2.C23H37BrO2.3CH4/c1-4-29-16-15-27(2,34)17-19(29)9-10-20-21-11-12-23(28(21,3)14-13-22(20)29)26(33)18-32-25-8-6-5-7-24(25)30-31-32;1-4-29-16-15-27(2,34)17-19(29)9-10-20-21-11-12-23(28(21,3)14-13-22(20)29)26(33)18-32-30-24-7-5-6-8-25(24)31-32;1-4-23-12-11-21(2,26)13-15(23)5-6-16-17-7-8-19(20(25)14-24)22(17,3)10-9-18(16)23;;;/h2*5-8,19-23,34H,4,9-18H2,1-3H3;15-19,26H,4-14H2,1-3H3;3*1H4/t2*19-,20-,21-,22-,23+,27+,28-,29-;15-,16-,17-,18-,19+,21+,22-,23-;;;/m000.../s1. The average molecular weight is 1400 g/mol. The number of aromatic nitrogens is 6. The van der Waals surface area contributed by atoms with Crippen LogP contribution in [-0.2, 0) is 27.5 Å². The van der Waals surface area contributed by atoms with Crippen LogP contribution in [0.25, 0.3) is 22.1 Å². The van der Waals surface area contributed by atoms with Crippen molar-refractivity contribution >= 4 is 55.3 Å². The third-order valence-electron chi connectivity index (χ3n) is 32.6. The predicted octanol–water partition coefficient (Wildman–Crippen LogP) is 19.3. The van der Waals surface area contributed by atoms with E-state index in [2.05, 4.69) is 98.8 Å². The number of carbonyl (C=O) groups is 3. The molecule has 97 heavy (non-hydrogen) atoms. The Morgan fingerprint density at radius 1 is 0.433 bits per heavy atom. The molecule has 0 unspecified atom stereocenters. The van der Waals surface area contributed by atoms with Crippen LogP contribution in [-0.4, -0.2) is 84.8 Å². The van der Waals surface area contributed by atoms with Gasteiger partial charge >= 0.3 is 0 Å². The van der Waals surface area contributed by atoms with Crippen LogP contribution >= 0.6 is 15.9 Å². The van der Waals surface area contributed by atoms with Gasteiger partial charge in [0.1, 0.15) is 35.4 Å². The highest BCUT2D eigenvalue weighted by Crippen LogP contribution is 2.73. The van der Waals surface area contributed by atoms with Gasteiger partial charge in [0.2, 0.25) is 0 Å². The Hall–Kier alpha value is -3.39. The topological polar surface area (TPSA) is 173 Å². The summed E-state index contributed by atoms with van der Waals surface area (Å²) in [4.78, 5) is 41.5. The molecule has 16 rings (SSSR count). The molecule has 0 saturated heterocycles. The number of benzene rings is 2. The van der Waals surface area contributed by atoms with Gasteiger partial charge in [-0.05, 0) is 341 Å². The van der Waals surface area contributed by atoms with E-state index in [0.29, 0.717) is 81.6 Å². The summed E-state index contributed by atoms with van der Waals surface area (Å²) < 4.78 is 1.81. The number of aliphatic hydroxyl groups is 3. The fourth-order valence-electron chi connectivity index (χ4n) is 28.0. The van der Waals surface area contributed by atoms with Crippen molar-refractivity contribution in [2.24, 2.45) is 121 Å². The first kappa shape index (κ1) is 74.8. The minimum atomic E-state index is -0.477. The Bertz CT molecular complexity index is 3410. The monoisotopic (exact) mass is 1400 g/mol. The van der Waals surface area contributed by atoms with Gasteiger partial charge in [-0.1, -0.05) is 109 Å². The zero-order valence-electron chi connectivity index (χ0n) is 59.2. The van der Waals surface area contributed by atoms with Crippen molar-refractivity contribution in [1.29, 1.82) is 0 Å². The van der Waals surface area contributed by atoms with Crippen LogP contribution in [0.15, 0.2) is 48.5 Å². The molecule has 0 radical (unpaired) electrons. The van der Waals surface area contributed by atoms with Gasteiger partial charge in [0, 0.05) is 17.8 Å². The third-order valence-corrected chi connectivity index (χ3v) is 33.1. The molecular formula is C84H131BrN6O6. The summed E-state index contributed by atoms with van der Waals surface area (Å²) in [7, 11) is 0. The van der Waals surface area contributed by atoms with Crippen molar-refractivity contribution in [3.05, 3.63) is 48.5 Å². The molecule has 12 fully saturated rings. The first-order chi connectivity index (χ1) is 44.8. The van der Waals surface area contributed by atoms with Crippen LogP contribution < -0.4 is 0 Å². The van der Waals surface area contributed by atoms with Crippen molar-refractivity contribution in [2.75, 3.05) is 5.33 Å². The summed E-state index contributed by atoms with van der Waals surface area (Å²) in [6.45, 7) is 21.4. The highest BCUT2D eigenvalue weighted by Gasteiger charge is 2.66. The van der Waals surface area contributed by atoms with Crippen LogP contribution in [0.1, 0.15) is 277 Å². The number of para-hydroxylation sites is 1. The summed E-state index contributed by atoms with van der Waals surface area (Å²) in [5.41, 5.74) is 3.91. The number of fused-ring (bicyclic) bond motifs is 17. The maximum Gasteiger partial charge on any atom is 0.159 e. The Labute approximate surface area is 593 Å². The van der Waals surface area contributed by atoms with E-state index < -0.39 is 16.8 Å². The zero-order chi connectivity index (χ0) is 66.2. The van der Waals surface area contributed by atoms with Gasteiger partial charge < -0.3 is 15.3 Å². The smallest absolute Gasteiger partial charge is 0.159 e. The molecule has 2 aromatic carbocycles. The lowest BCUT2D eigenvalue weighted by Gasteiger charge is -2.63. The molecule has 2 heterocycles. The highest BCUT2D eigenvalue weighted by atomic mass is 79.9. The number of ketones is 3. The summed E-state index contributed by atoms with van der Waals surface area (Å²) in [6.07, 6.45) is 35.3. The number of hydrogen-bond donors (Lipinski definition) is 3. The average Bonchev–Trinajstić information content (AvgIpc) is 1.71. The largest absolute Gasteiger partial charge is 0.390 e. The van der Waals surface area contributed by atoms with Gasteiger partial charge in [-0.15, -0.1) is 5.10 Å². The number of rotatable bonds is 11. The Morgan fingerprint density at radius 3 is 1.15 bits per heavy atom. The van der Waals surface area contributed by atoms with Crippen LogP contribution in [0.4, 0.5) is 0 Å². The number of halogens is 1. The Morgan fingerprint density at radius 2 is 0.784 bits per heavy atom. The van der Waals surface area contributed by atoms with Crippen molar-refractivity contribution in [3.8, 4) is 0 Å². The number of nitrogens with zero attached hydrogens (tertiary/aromatic N) is 6. The third kappa shape index (κ3) is 12.5. The Kier molecular flexibility index (Phi) is 21.3. The second kappa shape index (κ2) is 27.7. The Balaban J connectivity index is 0.000000147. The molecule has 3 N–H and O–H groups in total. The van der Waals surface area contributed by atoms with Crippen molar-refractivity contribution in [2.45, 2.75) is 307 Å². The van der Waals surface area contributed by atoms with Gasteiger partial charge in [0.25, 0.3) is 0 Å². The van der Waals surface area contributed by atoms with Crippen molar-refractivity contribution in [1.82, 2.24) is 30.0 Å². The molecule has 12 aliphatic rings. The molecule has 0 amide bonds. The minimum absolute atomic E-state index is 0. The molecule has 540 valence electrons.